The quantitative estimate of drug-likeness (QED) is 0.653. The van der Waals surface area contributed by atoms with Crippen molar-refractivity contribution in [3.63, 3.8) is 0 Å². The highest BCUT2D eigenvalue weighted by Gasteiger charge is 2.22. The lowest BCUT2D eigenvalue weighted by Gasteiger charge is -2.27. The molecule has 1 rings (SSSR count). The summed E-state index contributed by atoms with van der Waals surface area (Å²) in [6.07, 6.45) is 2.08. The Bertz CT molecular complexity index is 151. The van der Waals surface area contributed by atoms with Crippen molar-refractivity contribution >= 4 is 5.78 Å². The summed E-state index contributed by atoms with van der Waals surface area (Å²) in [6, 6.07) is 0. The molecule has 0 radical (unpaired) electrons. The predicted octanol–water partition coefficient (Wildman–Crippen LogP) is 0.117. The number of likely N-dealkylation sites (N-methyl/N-ethyl adjacent to an activating group) is 1. The summed E-state index contributed by atoms with van der Waals surface area (Å²) in [7, 11) is 3.94. The molecule has 0 aliphatic carbocycles. The van der Waals surface area contributed by atoms with E-state index in [-0.39, 0.29) is 0 Å². The SMILES string of the molecule is CNCC(=O)C1CCN(C)CC1. The fourth-order valence-corrected chi connectivity index (χ4v) is 1.65. The maximum Gasteiger partial charge on any atom is 0.149 e. The Hall–Kier alpha value is -0.410. The van der Waals surface area contributed by atoms with Gasteiger partial charge in [-0.1, -0.05) is 0 Å². The number of hydrogen-bond acceptors (Lipinski definition) is 3. The van der Waals surface area contributed by atoms with E-state index in [1.807, 2.05) is 7.05 Å². The smallest absolute Gasteiger partial charge is 0.149 e. The van der Waals surface area contributed by atoms with E-state index in [0.29, 0.717) is 18.2 Å². The van der Waals surface area contributed by atoms with Gasteiger partial charge in [-0.15, -0.1) is 0 Å². The second-order valence-electron chi connectivity index (χ2n) is 3.57. The van der Waals surface area contributed by atoms with Gasteiger partial charge in [-0.3, -0.25) is 4.79 Å². The zero-order valence-corrected chi connectivity index (χ0v) is 7.97. The first-order valence-corrected chi connectivity index (χ1v) is 4.60. The molecule has 0 aromatic carbocycles. The van der Waals surface area contributed by atoms with E-state index >= 15 is 0 Å². The number of likely N-dealkylation sites (tertiary alicyclic amines) is 1. The van der Waals surface area contributed by atoms with Crippen LogP contribution in [0, 0.1) is 5.92 Å². The van der Waals surface area contributed by atoms with Gasteiger partial charge in [-0.2, -0.15) is 0 Å². The van der Waals surface area contributed by atoms with Crippen molar-refractivity contribution in [3.8, 4) is 0 Å². The van der Waals surface area contributed by atoms with Gasteiger partial charge in [0, 0.05) is 5.92 Å². The van der Waals surface area contributed by atoms with E-state index in [1.165, 1.54) is 0 Å². The van der Waals surface area contributed by atoms with Crippen LogP contribution in [0.4, 0.5) is 0 Å². The van der Waals surface area contributed by atoms with E-state index in [2.05, 4.69) is 17.3 Å². The Morgan fingerprint density at radius 1 is 1.50 bits per heavy atom. The predicted molar refractivity (Wildman–Crippen MR) is 49.2 cm³/mol. The minimum atomic E-state index is 0.314. The Morgan fingerprint density at radius 2 is 2.08 bits per heavy atom. The topological polar surface area (TPSA) is 32.3 Å². The molecule has 1 N–H and O–H groups in total. The van der Waals surface area contributed by atoms with Gasteiger partial charge < -0.3 is 10.2 Å². The molecule has 0 bridgehead atoms. The third-order valence-electron chi connectivity index (χ3n) is 2.52. The summed E-state index contributed by atoms with van der Waals surface area (Å²) in [6.45, 7) is 2.68. The van der Waals surface area contributed by atoms with Crippen LogP contribution in [0.25, 0.3) is 0 Å². The Labute approximate surface area is 74.1 Å². The highest BCUT2D eigenvalue weighted by molar-refractivity contribution is 5.83. The highest BCUT2D eigenvalue weighted by atomic mass is 16.1. The van der Waals surface area contributed by atoms with E-state index in [1.54, 1.807) is 0 Å². The van der Waals surface area contributed by atoms with Crippen molar-refractivity contribution in [2.75, 3.05) is 33.7 Å². The summed E-state index contributed by atoms with van der Waals surface area (Å²) in [4.78, 5) is 13.7. The minimum absolute atomic E-state index is 0.314. The lowest BCUT2D eigenvalue weighted by atomic mass is 9.93. The van der Waals surface area contributed by atoms with Crippen LogP contribution in [-0.4, -0.2) is 44.4 Å². The van der Waals surface area contributed by atoms with Gasteiger partial charge in [-0.25, -0.2) is 0 Å². The van der Waals surface area contributed by atoms with Crippen LogP contribution < -0.4 is 5.32 Å². The van der Waals surface area contributed by atoms with Crippen molar-refractivity contribution in [2.45, 2.75) is 12.8 Å². The van der Waals surface area contributed by atoms with Crippen LogP contribution in [0.2, 0.25) is 0 Å². The molecule has 0 atom stereocenters. The molecule has 12 heavy (non-hydrogen) atoms. The number of hydrogen-bond donors (Lipinski definition) is 1. The summed E-state index contributed by atoms with van der Waals surface area (Å²) in [5.41, 5.74) is 0. The normalized spacial score (nSPS) is 21.2. The summed E-state index contributed by atoms with van der Waals surface area (Å²) < 4.78 is 0. The zero-order valence-electron chi connectivity index (χ0n) is 7.97. The number of piperidine rings is 1. The number of ketones is 1. The summed E-state index contributed by atoms with van der Waals surface area (Å²) in [5, 5.41) is 2.91. The van der Waals surface area contributed by atoms with Crippen molar-refractivity contribution in [1.29, 1.82) is 0 Å². The minimum Gasteiger partial charge on any atom is -0.313 e. The maximum absolute atomic E-state index is 11.4. The fourth-order valence-electron chi connectivity index (χ4n) is 1.65. The van der Waals surface area contributed by atoms with Gasteiger partial charge in [0.25, 0.3) is 0 Å². The highest BCUT2D eigenvalue weighted by Crippen LogP contribution is 2.16. The Morgan fingerprint density at radius 3 is 2.58 bits per heavy atom. The number of Topliss-reactive ketones (excluding diaryl/α,β-unsaturated/α-hetero) is 1. The molecule has 0 spiro atoms. The lowest BCUT2D eigenvalue weighted by Crippen LogP contribution is -2.36. The summed E-state index contributed by atoms with van der Waals surface area (Å²) in [5.74, 6) is 0.694. The van der Waals surface area contributed by atoms with E-state index < -0.39 is 0 Å². The molecule has 1 aliphatic heterocycles. The molecule has 0 amide bonds. The summed E-state index contributed by atoms with van der Waals surface area (Å²) >= 11 is 0. The molecular weight excluding hydrogens is 152 g/mol. The molecule has 3 heteroatoms. The zero-order chi connectivity index (χ0) is 8.97. The molecule has 0 aromatic rings. The molecule has 70 valence electrons. The molecular formula is C9H18N2O. The maximum atomic E-state index is 11.4. The van der Waals surface area contributed by atoms with E-state index in [9.17, 15) is 4.79 Å². The third kappa shape index (κ3) is 2.57. The van der Waals surface area contributed by atoms with Crippen LogP contribution in [0.1, 0.15) is 12.8 Å². The van der Waals surface area contributed by atoms with E-state index in [0.717, 1.165) is 25.9 Å². The first-order valence-electron chi connectivity index (χ1n) is 4.60. The lowest BCUT2D eigenvalue weighted by molar-refractivity contribution is -0.123. The Balaban J connectivity index is 2.29. The van der Waals surface area contributed by atoms with Crippen LogP contribution >= 0.6 is 0 Å². The monoisotopic (exact) mass is 170 g/mol. The first kappa shape index (κ1) is 9.68. The standard InChI is InChI=1S/C9H18N2O/c1-10-7-9(12)8-3-5-11(2)6-4-8/h8,10H,3-7H2,1-2H3. The van der Waals surface area contributed by atoms with Gasteiger partial charge in [0.05, 0.1) is 6.54 Å². The molecule has 1 fully saturated rings. The molecule has 1 heterocycles. The average molecular weight is 170 g/mol. The Kier molecular flexibility index (Phi) is 3.69. The van der Waals surface area contributed by atoms with Crippen LogP contribution in [-0.2, 0) is 4.79 Å². The molecule has 3 nitrogen and oxygen atoms in total. The first-order chi connectivity index (χ1) is 5.74. The molecule has 1 saturated heterocycles. The van der Waals surface area contributed by atoms with Crippen LogP contribution in [0.3, 0.4) is 0 Å². The second kappa shape index (κ2) is 4.58. The molecule has 0 unspecified atom stereocenters. The van der Waals surface area contributed by atoms with Crippen LogP contribution in [0.5, 0.6) is 0 Å². The number of carbonyl (C=O) groups is 1. The number of carbonyl (C=O) groups excluding carboxylic acids is 1. The molecule has 0 saturated carbocycles. The molecule has 0 aromatic heterocycles. The van der Waals surface area contributed by atoms with Crippen molar-refractivity contribution in [1.82, 2.24) is 10.2 Å². The van der Waals surface area contributed by atoms with E-state index in [4.69, 9.17) is 0 Å². The largest absolute Gasteiger partial charge is 0.313 e. The van der Waals surface area contributed by atoms with Crippen LogP contribution in [0.15, 0.2) is 0 Å². The van der Waals surface area contributed by atoms with Crippen molar-refractivity contribution in [3.05, 3.63) is 0 Å². The number of rotatable bonds is 3. The van der Waals surface area contributed by atoms with Gasteiger partial charge >= 0.3 is 0 Å². The van der Waals surface area contributed by atoms with Gasteiger partial charge in [0.2, 0.25) is 0 Å². The fraction of sp³-hybridized carbons (Fsp3) is 0.889. The van der Waals surface area contributed by atoms with Crippen molar-refractivity contribution in [2.24, 2.45) is 5.92 Å². The van der Waals surface area contributed by atoms with Crippen molar-refractivity contribution < 1.29 is 4.79 Å². The van der Waals surface area contributed by atoms with Gasteiger partial charge in [0.15, 0.2) is 0 Å². The number of nitrogens with zero attached hydrogens (tertiary/aromatic N) is 1. The molecule has 1 aliphatic rings. The average Bonchev–Trinajstić information content (AvgIpc) is 2.06. The van der Waals surface area contributed by atoms with Gasteiger partial charge in [0.1, 0.15) is 5.78 Å². The van der Waals surface area contributed by atoms with Gasteiger partial charge in [-0.05, 0) is 40.0 Å². The third-order valence-corrected chi connectivity index (χ3v) is 2.52. The number of nitrogens with one attached hydrogen (secondary N) is 1. The second-order valence-corrected chi connectivity index (χ2v) is 3.57.